The van der Waals surface area contributed by atoms with Crippen LogP contribution >= 0.6 is 0 Å². The van der Waals surface area contributed by atoms with Gasteiger partial charge in [-0.25, -0.2) is 0 Å². The van der Waals surface area contributed by atoms with Gasteiger partial charge >= 0.3 is 0 Å². The standard InChI is InChI=1S/C12H25N3O2/c1-4-9(3)15-11(16)6-7-14-12(17)10(5-2)8-13/h9-10H,4-8,13H2,1-3H3,(H,14,17)(H,15,16). The van der Waals surface area contributed by atoms with Crippen molar-refractivity contribution in [2.75, 3.05) is 13.1 Å². The minimum Gasteiger partial charge on any atom is -0.355 e. The van der Waals surface area contributed by atoms with Crippen LogP contribution in [0.2, 0.25) is 0 Å². The molecule has 0 aliphatic heterocycles. The third-order valence-electron chi connectivity index (χ3n) is 2.82. The molecule has 0 bridgehead atoms. The fourth-order valence-corrected chi connectivity index (χ4v) is 1.35. The van der Waals surface area contributed by atoms with Gasteiger partial charge in [-0.15, -0.1) is 0 Å². The molecular weight excluding hydrogens is 218 g/mol. The highest BCUT2D eigenvalue weighted by molar-refractivity contribution is 5.80. The molecule has 0 fully saturated rings. The normalized spacial score (nSPS) is 13.9. The van der Waals surface area contributed by atoms with E-state index in [0.29, 0.717) is 19.5 Å². The number of carbonyl (C=O) groups is 2. The monoisotopic (exact) mass is 243 g/mol. The smallest absolute Gasteiger partial charge is 0.224 e. The number of hydrogen-bond acceptors (Lipinski definition) is 3. The molecule has 2 unspecified atom stereocenters. The van der Waals surface area contributed by atoms with Crippen molar-refractivity contribution in [3.63, 3.8) is 0 Å². The molecule has 2 amide bonds. The summed E-state index contributed by atoms with van der Waals surface area (Å²) in [5.74, 6) is -0.237. The molecule has 2 atom stereocenters. The zero-order chi connectivity index (χ0) is 13.3. The predicted octanol–water partition coefficient (Wildman–Crippen LogP) is 0.392. The SMILES string of the molecule is CCC(C)NC(=O)CCNC(=O)C(CC)CN. The largest absolute Gasteiger partial charge is 0.355 e. The van der Waals surface area contributed by atoms with E-state index in [0.717, 1.165) is 12.8 Å². The molecule has 0 radical (unpaired) electrons. The van der Waals surface area contributed by atoms with E-state index in [-0.39, 0.29) is 23.8 Å². The zero-order valence-electron chi connectivity index (χ0n) is 11.1. The molecule has 0 spiro atoms. The number of hydrogen-bond donors (Lipinski definition) is 3. The van der Waals surface area contributed by atoms with E-state index < -0.39 is 0 Å². The second-order valence-corrected chi connectivity index (χ2v) is 4.26. The van der Waals surface area contributed by atoms with Gasteiger partial charge in [-0.2, -0.15) is 0 Å². The lowest BCUT2D eigenvalue weighted by molar-refractivity contribution is -0.125. The lowest BCUT2D eigenvalue weighted by Gasteiger charge is -2.14. The summed E-state index contributed by atoms with van der Waals surface area (Å²) in [4.78, 5) is 23.0. The molecule has 0 saturated carbocycles. The van der Waals surface area contributed by atoms with Crippen LogP contribution in [0.5, 0.6) is 0 Å². The fraction of sp³-hybridized carbons (Fsp3) is 0.833. The van der Waals surface area contributed by atoms with Crippen LogP contribution in [0.1, 0.15) is 40.0 Å². The third kappa shape index (κ3) is 6.94. The van der Waals surface area contributed by atoms with Gasteiger partial charge in [-0.1, -0.05) is 13.8 Å². The molecule has 0 rings (SSSR count). The highest BCUT2D eigenvalue weighted by Gasteiger charge is 2.14. The summed E-state index contributed by atoms with van der Waals surface area (Å²) in [6.45, 7) is 6.61. The van der Waals surface area contributed by atoms with Crippen molar-refractivity contribution < 1.29 is 9.59 Å². The predicted molar refractivity (Wildman–Crippen MR) is 68.4 cm³/mol. The Kier molecular flexibility index (Phi) is 8.40. The first-order valence-corrected chi connectivity index (χ1v) is 6.32. The Hall–Kier alpha value is -1.10. The van der Waals surface area contributed by atoms with Gasteiger partial charge in [-0.3, -0.25) is 9.59 Å². The van der Waals surface area contributed by atoms with E-state index >= 15 is 0 Å². The molecule has 5 nitrogen and oxygen atoms in total. The average Bonchev–Trinajstić information content (AvgIpc) is 2.30. The van der Waals surface area contributed by atoms with Crippen LogP contribution in [0, 0.1) is 5.92 Å². The average molecular weight is 243 g/mol. The molecule has 0 aliphatic rings. The fourth-order valence-electron chi connectivity index (χ4n) is 1.35. The van der Waals surface area contributed by atoms with Crippen LogP contribution < -0.4 is 16.4 Å². The molecule has 0 heterocycles. The lowest BCUT2D eigenvalue weighted by Crippen LogP contribution is -2.38. The topological polar surface area (TPSA) is 84.2 Å². The maximum Gasteiger partial charge on any atom is 0.224 e. The van der Waals surface area contributed by atoms with E-state index in [1.165, 1.54) is 0 Å². The molecule has 17 heavy (non-hydrogen) atoms. The molecule has 100 valence electrons. The Morgan fingerprint density at radius 1 is 1.24 bits per heavy atom. The minimum atomic E-state index is -0.146. The van der Waals surface area contributed by atoms with Crippen LogP contribution in [-0.2, 0) is 9.59 Å². The second kappa shape index (κ2) is 8.98. The molecular formula is C12H25N3O2. The molecule has 0 aromatic carbocycles. The Morgan fingerprint density at radius 2 is 1.88 bits per heavy atom. The summed E-state index contributed by atoms with van der Waals surface area (Å²) in [6, 6.07) is 0.186. The van der Waals surface area contributed by atoms with Gasteiger partial charge in [0.1, 0.15) is 0 Å². The van der Waals surface area contributed by atoms with Crippen LogP contribution in [0.25, 0.3) is 0 Å². The Labute approximate surface area is 104 Å². The summed E-state index contributed by atoms with van der Waals surface area (Å²) in [6.07, 6.45) is 1.95. The molecule has 0 aromatic rings. The first-order valence-electron chi connectivity index (χ1n) is 6.32. The van der Waals surface area contributed by atoms with Gasteiger partial charge in [0.25, 0.3) is 0 Å². The molecule has 0 aliphatic carbocycles. The van der Waals surface area contributed by atoms with E-state index in [1.807, 2.05) is 20.8 Å². The minimum absolute atomic E-state index is 0.0274. The van der Waals surface area contributed by atoms with Crippen LogP contribution in [0.15, 0.2) is 0 Å². The summed E-state index contributed by atoms with van der Waals surface area (Å²) >= 11 is 0. The van der Waals surface area contributed by atoms with E-state index in [2.05, 4.69) is 10.6 Å². The van der Waals surface area contributed by atoms with Gasteiger partial charge in [0.15, 0.2) is 0 Å². The van der Waals surface area contributed by atoms with Crippen molar-refractivity contribution in [2.45, 2.75) is 46.1 Å². The number of nitrogens with two attached hydrogens (primary N) is 1. The third-order valence-corrected chi connectivity index (χ3v) is 2.82. The summed E-state index contributed by atoms with van der Waals surface area (Å²) in [5, 5.41) is 5.57. The summed E-state index contributed by atoms with van der Waals surface area (Å²) in [5.41, 5.74) is 5.46. The van der Waals surface area contributed by atoms with Crippen molar-refractivity contribution in [2.24, 2.45) is 11.7 Å². The van der Waals surface area contributed by atoms with Crippen molar-refractivity contribution in [1.82, 2.24) is 10.6 Å². The van der Waals surface area contributed by atoms with E-state index in [1.54, 1.807) is 0 Å². The Bertz CT molecular complexity index is 240. The van der Waals surface area contributed by atoms with Crippen LogP contribution in [-0.4, -0.2) is 30.9 Å². The molecule has 5 heteroatoms. The van der Waals surface area contributed by atoms with Gasteiger partial charge in [0, 0.05) is 31.5 Å². The second-order valence-electron chi connectivity index (χ2n) is 4.26. The summed E-state index contributed by atoms with van der Waals surface area (Å²) < 4.78 is 0. The van der Waals surface area contributed by atoms with Gasteiger partial charge in [0.05, 0.1) is 0 Å². The maximum absolute atomic E-state index is 11.5. The quantitative estimate of drug-likeness (QED) is 0.576. The van der Waals surface area contributed by atoms with Crippen LogP contribution in [0.3, 0.4) is 0 Å². The number of amides is 2. The number of rotatable bonds is 8. The Morgan fingerprint density at radius 3 is 2.35 bits per heavy atom. The number of carbonyl (C=O) groups excluding carboxylic acids is 2. The lowest BCUT2D eigenvalue weighted by atomic mass is 10.1. The van der Waals surface area contributed by atoms with Gasteiger partial charge < -0.3 is 16.4 Å². The van der Waals surface area contributed by atoms with Crippen LogP contribution in [0.4, 0.5) is 0 Å². The van der Waals surface area contributed by atoms with Crippen molar-refractivity contribution in [3.05, 3.63) is 0 Å². The Balaban J connectivity index is 3.76. The number of nitrogens with one attached hydrogen (secondary N) is 2. The molecule has 4 N–H and O–H groups in total. The molecule has 0 saturated heterocycles. The summed E-state index contributed by atoms with van der Waals surface area (Å²) in [7, 11) is 0. The maximum atomic E-state index is 11.5. The van der Waals surface area contributed by atoms with Crippen molar-refractivity contribution >= 4 is 11.8 Å². The van der Waals surface area contributed by atoms with Gasteiger partial charge in [0.2, 0.25) is 11.8 Å². The first-order chi connectivity index (χ1) is 8.04. The van der Waals surface area contributed by atoms with Crippen molar-refractivity contribution in [1.29, 1.82) is 0 Å². The zero-order valence-corrected chi connectivity index (χ0v) is 11.1. The van der Waals surface area contributed by atoms with E-state index in [4.69, 9.17) is 5.73 Å². The first kappa shape index (κ1) is 15.9. The highest BCUT2D eigenvalue weighted by Crippen LogP contribution is 1.99. The van der Waals surface area contributed by atoms with Crippen molar-refractivity contribution in [3.8, 4) is 0 Å². The van der Waals surface area contributed by atoms with Gasteiger partial charge in [-0.05, 0) is 19.8 Å². The van der Waals surface area contributed by atoms with E-state index in [9.17, 15) is 9.59 Å². The highest BCUT2D eigenvalue weighted by atomic mass is 16.2. The molecule has 0 aromatic heterocycles.